The van der Waals surface area contributed by atoms with E-state index in [0.717, 1.165) is 24.8 Å². The minimum Gasteiger partial charge on any atom is -0.494 e. The van der Waals surface area contributed by atoms with Gasteiger partial charge in [-0.25, -0.2) is 8.42 Å². The van der Waals surface area contributed by atoms with Gasteiger partial charge in [0, 0.05) is 12.1 Å². The molecule has 27 heavy (non-hydrogen) atoms. The van der Waals surface area contributed by atoms with Gasteiger partial charge in [0.15, 0.2) is 0 Å². The van der Waals surface area contributed by atoms with Crippen LogP contribution in [0, 0.1) is 6.92 Å². The van der Waals surface area contributed by atoms with Crippen LogP contribution in [-0.2, 0) is 16.4 Å². The molecule has 1 amide bonds. The second-order valence-corrected chi connectivity index (χ2v) is 8.09. The number of amides is 1. The van der Waals surface area contributed by atoms with Gasteiger partial charge < -0.3 is 10.1 Å². The number of ether oxygens (including phenoxy) is 1. The third-order valence-corrected chi connectivity index (χ3v) is 4.54. The Kier molecular flexibility index (Phi) is 7.24. The lowest BCUT2D eigenvalue weighted by molar-refractivity contribution is 0.0953. The number of aryl methyl sites for hydroxylation is 2. The van der Waals surface area contributed by atoms with Crippen LogP contribution in [0.3, 0.4) is 0 Å². The van der Waals surface area contributed by atoms with Crippen LogP contribution in [0.5, 0.6) is 5.75 Å². The molecule has 0 bridgehead atoms. The van der Waals surface area contributed by atoms with Gasteiger partial charge in [0.05, 0.1) is 18.6 Å². The van der Waals surface area contributed by atoms with Crippen LogP contribution in [0.15, 0.2) is 42.5 Å². The summed E-state index contributed by atoms with van der Waals surface area (Å²) in [5.74, 6) is 0.689. The SMILES string of the molecule is CCOc1ccc(CCCNC(=O)c2ccc(NS(C)(=O)=O)c(C)c2)cc1. The fourth-order valence-corrected chi connectivity index (χ4v) is 3.26. The first-order valence-corrected chi connectivity index (χ1v) is 10.8. The number of hydrogen-bond acceptors (Lipinski definition) is 4. The molecular weight excluding hydrogens is 364 g/mol. The van der Waals surface area contributed by atoms with Gasteiger partial charge in [0.1, 0.15) is 5.75 Å². The molecule has 2 aromatic rings. The second-order valence-electron chi connectivity index (χ2n) is 6.34. The zero-order chi connectivity index (χ0) is 19.9. The molecule has 0 unspecified atom stereocenters. The van der Waals surface area contributed by atoms with E-state index in [1.165, 1.54) is 5.56 Å². The maximum absolute atomic E-state index is 12.3. The molecule has 2 N–H and O–H groups in total. The average molecular weight is 391 g/mol. The molecule has 0 saturated carbocycles. The Morgan fingerprint density at radius 1 is 1.11 bits per heavy atom. The Hall–Kier alpha value is -2.54. The Bertz CT molecular complexity index is 877. The lowest BCUT2D eigenvalue weighted by Crippen LogP contribution is -2.25. The lowest BCUT2D eigenvalue weighted by Gasteiger charge is -2.10. The number of benzene rings is 2. The predicted octanol–water partition coefficient (Wildman–Crippen LogP) is 3.13. The Morgan fingerprint density at radius 2 is 1.81 bits per heavy atom. The van der Waals surface area contributed by atoms with E-state index in [-0.39, 0.29) is 5.91 Å². The second kappa shape index (κ2) is 9.41. The van der Waals surface area contributed by atoms with E-state index in [9.17, 15) is 13.2 Å². The van der Waals surface area contributed by atoms with Crippen LogP contribution < -0.4 is 14.8 Å². The molecule has 0 aliphatic heterocycles. The Labute approximate surface area is 161 Å². The molecule has 0 aromatic heterocycles. The zero-order valence-corrected chi connectivity index (χ0v) is 16.7. The highest BCUT2D eigenvalue weighted by Crippen LogP contribution is 2.18. The van der Waals surface area contributed by atoms with Crippen LogP contribution in [0.1, 0.15) is 34.8 Å². The first kappa shape index (κ1) is 20.8. The van der Waals surface area contributed by atoms with Crippen molar-refractivity contribution in [3.63, 3.8) is 0 Å². The lowest BCUT2D eigenvalue weighted by atomic mass is 10.1. The summed E-state index contributed by atoms with van der Waals surface area (Å²) in [6.45, 7) is 4.93. The largest absolute Gasteiger partial charge is 0.494 e. The number of sulfonamides is 1. The first-order chi connectivity index (χ1) is 12.8. The van der Waals surface area contributed by atoms with E-state index in [2.05, 4.69) is 10.0 Å². The van der Waals surface area contributed by atoms with Crippen molar-refractivity contribution in [3.05, 3.63) is 59.2 Å². The van der Waals surface area contributed by atoms with Crippen molar-refractivity contribution in [3.8, 4) is 5.75 Å². The van der Waals surface area contributed by atoms with E-state index >= 15 is 0 Å². The summed E-state index contributed by atoms with van der Waals surface area (Å²) in [5.41, 5.74) is 2.87. The molecule has 2 aromatic carbocycles. The van der Waals surface area contributed by atoms with Crippen molar-refractivity contribution in [2.24, 2.45) is 0 Å². The molecule has 0 heterocycles. The number of hydrogen-bond donors (Lipinski definition) is 2. The highest BCUT2D eigenvalue weighted by atomic mass is 32.2. The minimum atomic E-state index is -3.34. The van der Waals surface area contributed by atoms with Gasteiger partial charge in [-0.2, -0.15) is 0 Å². The molecule has 146 valence electrons. The van der Waals surface area contributed by atoms with Crippen LogP contribution in [-0.4, -0.2) is 33.7 Å². The molecule has 0 atom stereocenters. The van der Waals surface area contributed by atoms with Gasteiger partial charge in [-0.3, -0.25) is 9.52 Å². The van der Waals surface area contributed by atoms with E-state index < -0.39 is 10.0 Å². The number of carbonyl (C=O) groups is 1. The number of anilines is 1. The number of carbonyl (C=O) groups excluding carboxylic acids is 1. The van der Waals surface area contributed by atoms with Crippen molar-refractivity contribution in [1.82, 2.24) is 5.32 Å². The van der Waals surface area contributed by atoms with Gasteiger partial charge in [-0.05, 0) is 68.1 Å². The molecule has 0 fully saturated rings. The summed E-state index contributed by atoms with van der Waals surface area (Å²) in [6.07, 6.45) is 2.78. The molecule has 0 spiro atoms. The molecule has 0 saturated heterocycles. The summed E-state index contributed by atoms with van der Waals surface area (Å²) in [5, 5.41) is 2.89. The normalized spacial score (nSPS) is 11.1. The fourth-order valence-electron chi connectivity index (χ4n) is 2.63. The summed E-state index contributed by atoms with van der Waals surface area (Å²) in [7, 11) is -3.34. The molecule has 0 aliphatic rings. The fraction of sp³-hybridized carbons (Fsp3) is 0.350. The third kappa shape index (κ3) is 6.94. The van der Waals surface area contributed by atoms with Crippen molar-refractivity contribution in [2.45, 2.75) is 26.7 Å². The first-order valence-electron chi connectivity index (χ1n) is 8.87. The minimum absolute atomic E-state index is 0.171. The van der Waals surface area contributed by atoms with Crippen molar-refractivity contribution >= 4 is 21.6 Å². The molecule has 6 nitrogen and oxygen atoms in total. The topological polar surface area (TPSA) is 84.5 Å². The predicted molar refractivity (Wildman–Crippen MR) is 108 cm³/mol. The van der Waals surface area contributed by atoms with Crippen LogP contribution in [0.25, 0.3) is 0 Å². The third-order valence-electron chi connectivity index (χ3n) is 3.95. The standard InChI is InChI=1S/C20H26N2O4S/c1-4-26-18-10-7-16(8-11-18)6-5-13-21-20(23)17-9-12-19(15(2)14-17)22-27(3,24)25/h7-12,14,22H,4-6,13H2,1-3H3,(H,21,23). The van der Waals surface area contributed by atoms with Crippen LogP contribution >= 0.6 is 0 Å². The molecular formula is C20H26N2O4S. The summed E-state index contributed by atoms with van der Waals surface area (Å²) >= 11 is 0. The highest BCUT2D eigenvalue weighted by Gasteiger charge is 2.09. The monoisotopic (exact) mass is 390 g/mol. The Morgan fingerprint density at radius 3 is 2.41 bits per heavy atom. The molecule has 0 radical (unpaired) electrons. The average Bonchev–Trinajstić information content (AvgIpc) is 2.61. The summed E-state index contributed by atoms with van der Waals surface area (Å²) in [6, 6.07) is 12.9. The summed E-state index contributed by atoms with van der Waals surface area (Å²) < 4.78 is 30.5. The van der Waals surface area contributed by atoms with E-state index in [4.69, 9.17) is 4.74 Å². The van der Waals surface area contributed by atoms with Crippen LogP contribution in [0.2, 0.25) is 0 Å². The molecule has 0 aliphatic carbocycles. The van der Waals surface area contributed by atoms with Crippen molar-refractivity contribution in [2.75, 3.05) is 24.1 Å². The van der Waals surface area contributed by atoms with E-state index in [1.807, 2.05) is 31.2 Å². The number of nitrogens with one attached hydrogen (secondary N) is 2. The van der Waals surface area contributed by atoms with Crippen LogP contribution in [0.4, 0.5) is 5.69 Å². The van der Waals surface area contributed by atoms with Gasteiger partial charge in [-0.1, -0.05) is 12.1 Å². The zero-order valence-electron chi connectivity index (χ0n) is 15.9. The highest BCUT2D eigenvalue weighted by molar-refractivity contribution is 7.92. The van der Waals surface area contributed by atoms with Gasteiger partial charge in [0.2, 0.25) is 10.0 Å². The molecule has 2 rings (SSSR count). The quantitative estimate of drug-likeness (QED) is 0.644. The maximum atomic E-state index is 12.3. The number of rotatable bonds is 9. The Balaban J connectivity index is 1.82. The van der Waals surface area contributed by atoms with Gasteiger partial charge in [0.25, 0.3) is 5.91 Å². The summed E-state index contributed by atoms with van der Waals surface area (Å²) in [4.78, 5) is 12.3. The maximum Gasteiger partial charge on any atom is 0.251 e. The molecule has 7 heteroatoms. The van der Waals surface area contributed by atoms with Crippen molar-refractivity contribution in [1.29, 1.82) is 0 Å². The van der Waals surface area contributed by atoms with Crippen molar-refractivity contribution < 1.29 is 17.9 Å². The van der Waals surface area contributed by atoms with Gasteiger partial charge in [-0.15, -0.1) is 0 Å². The van der Waals surface area contributed by atoms with E-state index in [1.54, 1.807) is 25.1 Å². The van der Waals surface area contributed by atoms with E-state index in [0.29, 0.717) is 30.0 Å². The van der Waals surface area contributed by atoms with Gasteiger partial charge >= 0.3 is 0 Å². The smallest absolute Gasteiger partial charge is 0.251 e.